The summed E-state index contributed by atoms with van der Waals surface area (Å²) >= 11 is 2.00. The van der Waals surface area contributed by atoms with Crippen LogP contribution in [0.3, 0.4) is 0 Å². The zero-order valence-corrected chi connectivity index (χ0v) is 32.1. The Morgan fingerprint density at radius 3 is 1.28 bits per heavy atom. The number of phenols is 2. The fourth-order valence-corrected chi connectivity index (χ4v) is 9.54. The number of hydrogen-bond acceptors (Lipinski definition) is 3. The van der Waals surface area contributed by atoms with Gasteiger partial charge >= 0.3 is 0 Å². The molecule has 2 aliphatic rings. The van der Waals surface area contributed by atoms with Crippen molar-refractivity contribution in [1.29, 1.82) is 0 Å². The van der Waals surface area contributed by atoms with Crippen LogP contribution in [-0.2, 0) is 22.3 Å². The van der Waals surface area contributed by atoms with E-state index in [-0.39, 0.29) is 10.8 Å². The molecule has 0 heterocycles. The molecule has 264 valence electrons. The second-order valence-corrected chi connectivity index (χ2v) is 17.7. The molecule has 0 spiro atoms. The highest BCUT2D eigenvalue weighted by atomic mass is 32.2. The van der Waals surface area contributed by atoms with Crippen molar-refractivity contribution in [2.45, 2.75) is 204 Å². The largest absolute Gasteiger partial charge is 0.507 e. The highest BCUT2D eigenvalue weighted by Gasteiger charge is 2.31. The van der Waals surface area contributed by atoms with Crippen molar-refractivity contribution in [3.63, 3.8) is 0 Å². The van der Waals surface area contributed by atoms with E-state index < -0.39 is 0 Å². The van der Waals surface area contributed by atoms with Gasteiger partial charge in [0.05, 0.1) is 0 Å². The number of rotatable bonds is 20. The minimum absolute atomic E-state index is 0.0332. The molecular formula is C44H70O2S. The Morgan fingerprint density at radius 1 is 0.553 bits per heavy atom. The second-order valence-electron chi connectivity index (χ2n) is 16.7. The number of aromatic hydroxyl groups is 2. The molecule has 2 fully saturated rings. The topological polar surface area (TPSA) is 40.5 Å². The van der Waals surface area contributed by atoms with Crippen LogP contribution < -0.4 is 0 Å². The van der Waals surface area contributed by atoms with E-state index in [0.29, 0.717) is 23.3 Å². The first-order valence-corrected chi connectivity index (χ1v) is 21.0. The Balaban J connectivity index is 1.54. The summed E-state index contributed by atoms with van der Waals surface area (Å²) in [5.41, 5.74) is 7.44. The average molecular weight is 663 g/mol. The van der Waals surface area contributed by atoms with E-state index in [1.54, 1.807) is 0 Å². The van der Waals surface area contributed by atoms with Crippen LogP contribution in [0.15, 0.2) is 24.3 Å². The van der Waals surface area contributed by atoms with Crippen LogP contribution in [-0.4, -0.2) is 10.2 Å². The molecule has 0 amide bonds. The van der Waals surface area contributed by atoms with Crippen LogP contribution in [0.25, 0.3) is 0 Å². The molecule has 47 heavy (non-hydrogen) atoms. The fourth-order valence-electron chi connectivity index (χ4n) is 8.63. The predicted octanol–water partition coefficient (Wildman–Crippen LogP) is 14.1. The van der Waals surface area contributed by atoms with Crippen LogP contribution in [0, 0.1) is 0 Å². The van der Waals surface area contributed by atoms with Gasteiger partial charge in [-0.2, -0.15) is 11.8 Å². The van der Waals surface area contributed by atoms with Gasteiger partial charge in [-0.1, -0.05) is 156 Å². The normalized spacial score (nSPS) is 16.5. The zero-order chi connectivity index (χ0) is 33.9. The Hall–Kier alpha value is -1.61. The van der Waals surface area contributed by atoms with Gasteiger partial charge in [0.25, 0.3) is 0 Å². The summed E-state index contributed by atoms with van der Waals surface area (Å²) < 4.78 is 0. The quantitative estimate of drug-likeness (QED) is 0.139. The summed E-state index contributed by atoms with van der Waals surface area (Å²) in [5, 5.41) is 23.4. The maximum atomic E-state index is 11.7. The standard InChI is InChI=1S/C44H70O2S/c1-7-9-11-13-19-25-43(3,4)39-29-33(27-37(41(39)45)35-21-15-16-22-35)31-47-32-34-28-38(36-23-17-18-24-36)42(46)40(30-34)44(5,6)26-20-14-12-10-8-2/h27-30,35-36,45-46H,7-26,31-32H2,1-6H3. The van der Waals surface area contributed by atoms with Gasteiger partial charge < -0.3 is 10.2 Å². The van der Waals surface area contributed by atoms with Crippen LogP contribution in [0.1, 0.15) is 215 Å². The van der Waals surface area contributed by atoms with Crippen molar-refractivity contribution in [1.82, 2.24) is 0 Å². The van der Waals surface area contributed by atoms with Gasteiger partial charge in [-0.15, -0.1) is 0 Å². The molecule has 2 N–H and O–H groups in total. The maximum absolute atomic E-state index is 11.7. The van der Waals surface area contributed by atoms with Crippen molar-refractivity contribution in [3.8, 4) is 11.5 Å². The molecular weight excluding hydrogens is 593 g/mol. The van der Waals surface area contributed by atoms with E-state index in [2.05, 4.69) is 65.8 Å². The smallest absolute Gasteiger partial charge is 0.122 e. The lowest BCUT2D eigenvalue weighted by molar-refractivity contribution is 0.398. The summed E-state index contributed by atoms with van der Waals surface area (Å²) in [7, 11) is 0. The van der Waals surface area contributed by atoms with E-state index in [1.165, 1.54) is 149 Å². The summed E-state index contributed by atoms with van der Waals surface area (Å²) in [4.78, 5) is 0. The molecule has 2 aromatic carbocycles. The first-order chi connectivity index (χ1) is 22.6. The summed E-state index contributed by atoms with van der Waals surface area (Å²) in [6, 6.07) is 9.40. The molecule has 0 unspecified atom stereocenters. The van der Waals surface area contributed by atoms with Crippen molar-refractivity contribution in [3.05, 3.63) is 57.6 Å². The number of unbranched alkanes of at least 4 members (excludes halogenated alkanes) is 8. The minimum atomic E-state index is -0.0332. The molecule has 2 aromatic rings. The summed E-state index contributed by atoms with van der Waals surface area (Å²) in [5.74, 6) is 4.08. The number of phenolic OH excluding ortho intramolecular Hbond substituents is 2. The Labute approximate surface area is 294 Å². The molecule has 2 nitrogen and oxygen atoms in total. The van der Waals surface area contributed by atoms with Gasteiger partial charge in [-0.25, -0.2) is 0 Å². The molecule has 2 saturated carbocycles. The van der Waals surface area contributed by atoms with Crippen molar-refractivity contribution < 1.29 is 10.2 Å². The van der Waals surface area contributed by atoms with Crippen LogP contribution >= 0.6 is 11.8 Å². The molecule has 0 atom stereocenters. The van der Waals surface area contributed by atoms with Gasteiger partial charge in [0.2, 0.25) is 0 Å². The molecule has 0 aromatic heterocycles. The van der Waals surface area contributed by atoms with Gasteiger partial charge in [-0.3, -0.25) is 0 Å². The first kappa shape index (κ1) is 38.2. The highest BCUT2D eigenvalue weighted by Crippen LogP contribution is 2.47. The van der Waals surface area contributed by atoms with Gasteiger partial charge in [0, 0.05) is 22.6 Å². The van der Waals surface area contributed by atoms with Gasteiger partial charge in [-0.05, 0) is 83.4 Å². The molecule has 0 bridgehead atoms. The average Bonchev–Trinajstić information content (AvgIpc) is 3.77. The van der Waals surface area contributed by atoms with E-state index in [0.717, 1.165) is 24.3 Å². The molecule has 0 radical (unpaired) electrons. The molecule has 0 saturated heterocycles. The lowest BCUT2D eigenvalue weighted by Gasteiger charge is -2.29. The highest BCUT2D eigenvalue weighted by molar-refractivity contribution is 7.97. The van der Waals surface area contributed by atoms with Crippen LogP contribution in [0.2, 0.25) is 0 Å². The third-order valence-electron chi connectivity index (χ3n) is 11.8. The monoisotopic (exact) mass is 663 g/mol. The van der Waals surface area contributed by atoms with E-state index in [9.17, 15) is 10.2 Å². The maximum Gasteiger partial charge on any atom is 0.122 e. The summed E-state index contributed by atoms with van der Waals surface area (Å²) in [6.07, 6.45) is 25.1. The van der Waals surface area contributed by atoms with Crippen molar-refractivity contribution in [2.75, 3.05) is 0 Å². The summed E-state index contributed by atoms with van der Waals surface area (Å²) in [6.45, 7) is 14.0. The predicted molar refractivity (Wildman–Crippen MR) is 206 cm³/mol. The second kappa shape index (κ2) is 18.4. The minimum Gasteiger partial charge on any atom is -0.507 e. The van der Waals surface area contributed by atoms with Crippen molar-refractivity contribution in [2.24, 2.45) is 0 Å². The molecule has 2 aliphatic carbocycles. The van der Waals surface area contributed by atoms with E-state index in [4.69, 9.17) is 0 Å². The lowest BCUT2D eigenvalue weighted by Crippen LogP contribution is -2.19. The SMILES string of the molecule is CCCCCCCC(C)(C)c1cc(CSCc2cc(C3CCCC3)c(O)c(C(C)(C)CCCCCCC)c2)cc(C2CCCC2)c1O. The van der Waals surface area contributed by atoms with Crippen LogP contribution in [0.4, 0.5) is 0 Å². The van der Waals surface area contributed by atoms with Crippen molar-refractivity contribution >= 4 is 11.8 Å². The Bertz CT molecular complexity index is 1140. The molecule has 4 rings (SSSR count). The number of benzene rings is 2. The third kappa shape index (κ3) is 10.7. The Kier molecular flexibility index (Phi) is 15.0. The fraction of sp³-hybridized carbons (Fsp3) is 0.727. The molecule has 0 aliphatic heterocycles. The zero-order valence-electron chi connectivity index (χ0n) is 31.3. The number of hydrogen-bond donors (Lipinski definition) is 2. The van der Waals surface area contributed by atoms with E-state index >= 15 is 0 Å². The van der Waals surface area contributed by atoms with Gasteiger partial charge in [0.1, 0.15) is 11.5 Å². The van der Waals surface area contributed by atoms with E-state index in [1.807, 2.05) is 11.8 Å². The lowest BCUT2D eigenvalue weighted by atomic mass is 9.77. The number of thioether (sulfide) groups is 1. The Morgan fingerprint density at radius 2 is 0.915 bits per heavy atom. The molecule has 3 heteroatoms. The third-order valence-corrected chi connectivity index (χ3v) is 12.9. The first-order valence-electron chi connectivity index (χ1n) is 19.9. The van der Waals surface area contributed by atoms with Gasteiger partial charge in [0.15, 0.2) is 0 Å². The van der Waals surface area contributed by atoms with Crippen LogP contribution in [0.5, 0.6) is 11.5 Å².